The molecule has 0 aromatic heterocycles. The van der Waals surface area contributed by atoms with Crippen LogP contribution >= 0.6 is 0 Å². The number of carbonyl (C=O) groups is 2. The SMILES string of the molecule is CC1(O)CCCN(C(=O)CN2CCCC2=O)CC1. The molecule has 102 valence electrons. The lowest BCUT2D eigenvalue weighted by atomic mass is 9.98. The summed E-state index contributed by atoms with van der Waals surface area (Å²) in [6, 6.07) is 0. The summed E-state index contributed by atoms with van der Waals surface area (Å²) in [6.45, 7) is 4.02. The predicted molar refractivity (Wildman–Crippen MR) is 66.9 cm³/mol. The van der Waals surface area contributed by atoms with E-state index in [2.05, 4.69) is 0 Å². The van der Waals surface area contributed by atoms with Crippen molar-refractivity contribution in [2.45, 2.75) is 44.6 Å². The van der Waals surface area contributed by atoms with Gasteiger partial charge >= 0.3 is 0 Å². The Hall–Kier alpha value is -1.10. The van der Waals surface area contributed by atoms with Crippen molar-refractivity contribution in [2.75, 3.05) is 26.2 Å². The summed E-state index contributed by atoms with van der Waals surface area (Å²) >= 11 is 0. The van der Waals surface area contributed by atoms with E-state index in [4.69, 9.17) is 0 Å². The van der Waals surface area contributed by atoms with Crippen LogP contribution in [0, 0.1) is 0 Å². The number of carbonyl (C=O) groups excluding carboxylic acids is 2. The van der Waals surface area contributed by atoms with Gasteiger partial charge in [-0.2, -0.15) is 0 Å². The lowest BCUT2D eigenvalue weighted by molar-refractivity contribution is -0.138. The van der Waals surface area contributed by atoms with E-state index in [1.807, 2.05) is 6.92 Å². The third kappa shape index (κ3) is 3.22. The zero-order valence-electron chi connectivity index (χ0n) is 11.0. The minimum atomic E-state index is -0.654. The maximum absolute atomic E-state index is 12.1. The zero-order chi connectivity index (χ0) is 13.2. The van der Waals surface area contributed by atoms with Gasteiger partial charge in [0.05, 0.1) is 12.1 Å². The molecule has 2 heterocycles. The van der Waals surface area contributed by atoms with E-state index in [0.717, 1.165) is 19.3 Å². The van der Waals surface area contributed by atoms with E-state index in [9.17, 15) is 14.7 Å². The van der Waals surface area contributed by atoms with Gasteiger partial charge in [-0.15, -0.1) is 0 Å². The maximum Gasteiger partial charge on any atom is 0.242 e. The average Bonchev–Trinajstić information content (AvgIpc) is 2.59. The number of hydrogen-bond acceptors (Lipinski definition) is 3. The Morgan fingerprint density at radius 1 is 1.28 bits per heavy atom. The molecule has 2 aliphatic heterocycles. The van der Waals surface area contributed by atoms with Gasteiger partial charge in [0.2, 0.25) is 11.8 Å². The molecule has 2 fully saturated rings. The van der Waals surface area contributed by atoms with Crippen LogP contribution in [-0.4, -0.2) is 58.5 Å². The summed E-state index contributed by atoms with van der Waals surface area (Å²) in [5.41, 5.74) is -0.654. The Bertz CT molecular complexity index is 341. The van der Waals surface area contributed by atoms with E-state index < -0.39 is 5.60 Å². The number of nitrogens with zero attached hydrogens (tertiary/aromatic N) is 2. The molecule has 1 atom stereocenters. The van der Waals surface area contributed by atoms with Gasteiger partial charge in [0, 0.05) is 26.1 Å². The molecule has 0 aliphatic carbocycles. The van der Waals surface area contributed by atoms with Gasteiger partial charge in [-0.25, -0.2) is 0 Å². The van der Waals surface area contributed by atoms with Gasteiger partial charge < -0.3 is 14.9 Å². The first-order chi connectivity index (χ1) is 8.48. The fourth-order valence-corrected chi connectivity index (χ4v) is 2.65. The Kier molecular flexibility index (Phi) is 3.90. The van der Waals surface area contributed by atoms with Crippen molar-refractivity contribution in [3.8, 4) is 0 Å². The maximum atomic E-state index is 12.1. The molecule has 1 unspecified atom stereocenters. The molecule has 0 aromatic carbocycles. The quantitative estimate of drug-likeness (QED) is 0.774. The second-order valence-corrected chi connectivity index (χ2v) is 5.65. The van der Waals surface area contributed by atoms with Gasteiger partial charge in [0.25, 0.3) is 0 Å². The Labute approximate surface area is 108 Å². The minimum absolute atomic E-state index is 0.0166. The summed E-state index contributed by atoms with van der Waals surface area (Å²) < 4.78 is 0. The molecule has 5 nitrogen and oxygen atoms in total. The number of aliphatic hydroxyl groups is 1. The molecule has 2 saturated heterocycles. The highest BCUT2D eigenvalue weighted by atomic mass is 16.3. The Balaban J connectivity index is 1.87. The summed E-state index contributed by atoms with van der Waals surface area (Å²) in [7, 11) is 0. The lowest BCUT2D eigenvalue weighted by Gasteiger charge is -2.24. The second kappa shape index (κ2) is 5.26. The van der Waals surface area contributed by atoms with Gasteiger partial charge in [0.1, 0.15) is 0 Å². The van der Waals surface area contributed by atoms with Crippen LogP contribution in [0.4, 0.5) is 0 Å². The molecule has 1 N–H and O–H groups in total. The van der Waals surface area contributed by atoms with E-state index >= 15 is 0 Å². The molecule has 0 radical (unpaired) electrons. The van der Waals surface area contributed by atoms with E-state index in [-0.39, 0.29) is 18.4 Å². The average molecular weight is 254 g/mol. The van der Waals surface area contributed by atoms with Crippen LogP contribution in [-0.2, 0) is 9.59 Å². The van der Waals surface area contributed by atoms with Gasteiger partial charge in [-0.3, -0.25) is 9.59 Å². The zero-order valence-corrected chi connectivity index (χ0v) is 11.0. The standard InChI is InChI=1S/C13H22N2O3/c1-13(18)5-3-8-14(9-6-13)12(17)10-15-7-2-4-11(15)16/h18H,2-10H2,1H3. The van der Waals surface area contributed by atoms with Crippen molar-refractivity contribution in [1.29, 1.82) is 0 Å². The molecule has 2 aliphatic rings. The second-order valence-electron chi connectivity index (χ2n) is 5.65. The largest absolute Gasteiger partial charge is 0.390 e. The molecule has 18 heavy (non-hydrogen) atoms. The molecular weight excluding hydrogens is 232 g/mol. The highest BCUT2D eigenvalue weighted by molar-refractivity contribution is 5.85. The number of hydrogen-bond donors (Lipinski definition) is 1. The lowest BCUT2D eigenvalue weighted by Crippen LogP contribution is -2.41. The monoisotopic (exact) mass is 254 g/mol. The molecular formula is C13H22N2O3. The summed E-state index contributed by atoms with van der Waals surface area (Å²) in [6.07, 6.45) is 3.61. The minimum Gasteiger partial charge on any atom is -0.390 e. The van der Waals surface area contributed by atoms with Crippen molar-refractivity contribution in [3.63, 3.8) is 0 Å². The number of rotatable bonds is 2. The van der Waals surface area contributed by atoms with Crippen LogP contribution in [0.3, 0.4) is 0 Å². The number of amides is 2. The van der Waals surface area contributed by atoms with Crippen molar-refractivity contribution in [3.05, 3.63) is 0 Å². The van der Waals surface area contributed by atoms with Gasteiger partial charge in [0.15, 0.2) is 0 Å². The Morgan fingerprint density at radius 2 is 2.06 bits per heavy atom. The topological polar surface area (TPSA) is 60.9 Å². The number of likely N-dealkylation sites (tertiary alicyclic amines) is 2. The third-order valence-electron chi connectivity index (χ3n) is 3.91. The van der Waals surface area contributed by atoms with Crippen molar-refractivity contribution in [2.24, 2.45) is 0 Å². The van der Waals surface area contributed by atoms with Crippen molar-refractivity contribution in [1.82, 2.24) is 9.80 Å². The summed E-state index contributed by atoms with van der Waals surface area (Å²) in [5.74, 6) is 0.105. The van der Waals surface area contributed by atoms with Gasteiger partial charge in [-0.1, -0.05) is 0 Å². The third-order valence-corrected chi connectivity index (χ3v) is 3.91. The van der Waals surface area contributed by atoms with E-state index in [1.54, 1.807) is 9.80 Å². The van der Waals surface area contributed by atoms with Crippen LogP contribution in [0.25, 0.3) is 0 Å². The molecule has 2 amide bonds. The Morgan fingerprint density at radius 3 is 2.72 bits per heavy atom. The van der Waals surface area contributed by atoms with Gasteiger partial charge in [-0.05, 0) is 32.6 Å². The van der Waals surface area contributed by atoms with Crippen LogP contribution < -0.4 is 0 Å². The normalized spacial score (nSPS) is 29.6. The summed E-state index contributed by atoms with van der Waals surface area (Å²) in [4.78, 5) is 27.0. The van der Waals surface area contributed by atoms with E-state index in [0.29, 0.717) is 32.5 Å². The van der Waals surface area contributed by atoms with E-state index in [1.165, 1.54) is 0 Å². The van der Waals surface area contributed by atoms with Crippen molar-refractivity contribution < 1.29 is 14.7 Å². The predicted octanol–water partition coefficient (Wildman–Crippen LogP) is 0.372. The summed E-state index contributed by atoms with van der Waals surface area (Å²) in [5, 5.41) is 9.98. The highest BCUT2D eigenvalue weighted by Gasteiger charge is 2.29. The van der Waals surface area contributed by atoms with Crippen LogP contribution in [0.1, 0.15) is 39.0 Å². The highest BCUT2D eigenvalue weighted by Crippen LogP contribution is 2.21. The first kappa shape index (κ1) is 13.3. The molecule has 2 rings (SSSR count). The fraction of sp³-hybridized carbons (Fsp3) is 0.846. The molecule has 5 heteroatoms. The molecule has 0 saturated carbocycles. The van der Waals surface area contributed by atoms with Crippen LogP contribution in [0.5, 0.6) is 0 Å². The van der Waals surface area contributed by atoms with Crippen LogP contribution in [0.2, 0.25) is 0 Å². The smallest absolute Gasteiger partial charge is 0.242 e. The fourth-order valence-electron chi connectivity index (χ4n) is 2.65. The van der Waals surface area contributed by atoms with Crippen LogP contribution in [0.15, 0.2) is 0 Å². The van der Waals surface area contributed by atoms with Crippen molar-refractivity contribution >= 4 is 11.8 Å². The molecule has 0 spiro atoms. The first-order valence-electron chi connectivity index (χ1n) is 6.76. The molecule has 0 bridgehead atoms. The first-order valence-corrected chi connectivity index (χ1v) is 6.76. The molecule has 0 aromatic rings.